The predicted molar refractivity (Wildman–Crippen MR) is 87.6 cm³/mol. The van der Waals surface area contributed by atoms with E-state index in [1.807, 2.05) is 6.92 Å². The van der Waals surface area contributed by atoms with Gasteiger partial charge in [-0.1, -0.05) is 20.8 Å². The maximum Gasteiger partial charge on any atom is 0.336 e. The molecule has 0 fully saturated rings. The fourth-order valence-electron chi connectivity index (χ4n) is 2.46. The lowest BCUT2D eigenvalue weighted by Gasteiger charge is -2.23. The summed E-state index contributed by atoms with van der Waals surface area (Å²) < 4.78 is 10.8. The lowest BCUT2D eigenvalue weighted by atomic mass is 9.90. The minimum absolute atomic E-state index is 0.0387. The summed E-state index contributed by atoms with van der Waals surface area (Å²) in [5, 5.41) is 11.0. The molecule has 1 N–H and O–H groups in total. The van der Waals surface area contributed by atoms with Crippen LogP contribution in [0.2, 0.25) is 0 Å². The molecule has 0 aliphatic carbocycles. The van der Waals surface area contributed by atoms with Crippen LogP contribution in [-0.2, 0) is 4.79 Å². The van der Waals surface area contributed by atoms with Crippen LogP contribution in [0.3, 0.4) is 0 Å². The van der Waals surface area contributed by atoms with Crippen molar-refractivity contribution in [3.63, 3.8) is 0 Å². The molecule has 0 saturated carbocycles. The van der Waals surface area contributed by atoms with Gasteiger partial charge in [-0.25, -0.2) is 4.79 Å². The zero-order valence-corrected chi connectivity index (χ0v) is 13.6. The lowest BCUT2D eigenvalue weighted by molar-refractivity contribution is -0.126. The first-order valence-corrected chi connectivity index (χ1v) is 7.80. The van der Waals surface area contributed by atoms with Crippen LogP contribution in [0.15, 0.2) is 39.5 Å². The molecule has 0 aliphatic rings. The van der Waals surface area contributed by atoms with Crippen molar-refractivity contribution < 1.29 is 19.1 Å². The number of Topliss-reactive ketones (excluding diaryl/α,β-unsaturated/α-hetero) is 1. The third-order valence-electron chi connectivity index (χ3n) is 4.06. The summed E-state index contributed by atoms with van der Waals surface area (Å²) in [7, 11) is 0. The molecule has 0 spiro atoms. The Morgan fingerprint density at radius 1 is 1.26 bits per heavy atom. The van der Waals surface area contributed by atoms with Crippen LogP contribution in [0.25, 0.3) is 11.0 Å². The molecular formula is C18H22O5. The Kier molecular flexibility index (Phi) is 5.55. The Bertz CT molecular complexity index is 734. The van der Waals surface area contributed by atoms with Crippen molar-refractivity contribution in [2.75, 3.05) is 6.61 Å². The van der Waals surface area contributed by atoms with Crippen molar-refractivity contribution in [2.45, 2.75) is 33.3 Å². The second-order valence-electron chi connectivity index (χ2n) is 5.84. The second kappa shape index (κ2) is 7.42. The van der Waals surface area contributed by atoms with Crippen molar-refractivity contribution in [1.29, 1.82) is 0 Å². The van der Waals surface area contributed by atoms with E-state index in [1.165, 1.54) is 6.07 Å². The van der Waals surface area contributed by atoms with Gasteiger partial charge in [0.1, 0.15) is 17.1 Å². The summed E-state index contributed by atoms with van der Waals surface area (Å²) >= 11 is 0. The Labute approximate surface area is 134 Å². The van der Waals surface area contributed by atoms with E-state index in [4.69, 9.17) is 9.15 Å². The van der Waals surface area contributed by atoms with Gasteiger partial charge < -0.3 is 14.3 Å². The minimum atomic E-state index is -0.749. The van der Waals surface area contributed by atoms with Crippen LogP contribution in [0.1, 0.15) is 27.2 Å². The molecule has 5 heteroatoms. The molecule has 0 saturated heterocycles. The highest BCUT2D eigenvalue weighted by molar-refractivity contribution is 5.80. The SMILES string of the molecule is CCC(=O)[C@@H](C)[C@H](O)[C@@H](C)COc1ccc2ccc(=O)oc2c1. The van der Waals surface area contributed by atoms with E-state index < -0.39 is 17.6 Å². The molecule has 0 bridgehead atoms. The van der Waals surface area contributed by atoms with E-state index in [-0.39, 0.29) is 18.3 Å². The van der Waals surface area contributed by atoms with E-state index in [1.54, 1.807) is 38.1 Å². The number of benzene rings is 1. The largest absolute Gasteiger partial charge is 0.493 e. The highest BCUT2D eigenvalue weighted by Gasteiger charge is 2.26. The summed E-state index contributed by atoms with van der Waals surface area (Å²) in [4.78, 5) is 22.9. The fourth-order valence-corrected chi connectivity index (χ4v) is 2.46. The van der Waals surface area contributed by atoms with Crippen molar-refractivity contribution in [1.82, 2.24) is 0 Å². The van der Waals surface area contributed by atoms with E-state index in [0.29, 0.717) is 17.8 Å². The van der Waals surface area contributed by atoms with Crippen LogP contribution in [0.4, 0.5) is 0 Å². The van der Waals surface area contributed by atoms with Crippen LogP contribution < -0.4 is 10.4 Å². The van der Waals surface area contributed by atoms with Gasteiger partial charge in [-0.2, -0.15) is 0 Å². The maximum atomic E-state index is 11.7. The highest BCUT2D eigenvalue weighted by atomic mass is 16.5. The summed E-state index contributed by atoms with van der Waals surface area (Å²) in [5.74, 6) is -0.00981. The van der Waals surface area contributed by atoms with E-state index >= 15 is 0 Å². The molecular weight excluding hydrogens is 296 g/mol. The number of ether oxygens (including phenoxy) is 1. The summed E-state index contributed by atoms with van der Waals surface area (Å²) in [5.41, 5.74) is 0.0445. The Hall–Kier alpha value is -2.14. The number of ketones is 1. The third-order valence-corrected chi connectivity index (χ3v) is 4.06. The number of hydrogen-bond donors (Lipinski definition) is 1. The lowest BCUT2D eigenvalue weighted by Crippen LogP contribution is -2.34. The van der Waals surface area contributed by atoms with E-state index in [2.05, 4.69) is 0 Å². The van der Waals surface area contributed by atoms with Gasteiger partial charge in [-0.15, -0.1) is 0 Å². The zero-order valence-electron chi connectivity index (χ0n) is 13.6. The molecule has 2 aromatic rings. The van der Waals surface area contributed by atoms with Crippen molar-refractivity contribution in [3.05, 3.63) is 40.8 Å². The summed E-state index contributed by atoms with van der Waals surface area (Å²) in [6.07, 6.45) is -0.337. The van der Waals surface area contributed by atoms with Crippen molar-refractivity contribution in [3.8, 4) is 5.75 Å². The second-order valence-corrected chi connectivity index (χ2v) is 5.84. The van der Waals surface area contributed by atoms with Gasteiger partial charge in [-0.05, 0) is 18.2 Å². The molecule has 23 heavy (non-hydrogen) atoms. The molecule has 3 atom stereocenters. The van der Waals surface area contributed by atoms with E-state index in [0.717, 1.165) is 5.39 Å². The number of hydrogen-bond acceptors (Lipinski definition) is 5. The van der Waals surface area contributed by atoms with Crippen LogP contribution in [-0.4, -0.2) is 23.6 Å². The molecule has 0 unspecified atom stereocenters. The molecule has 124 valence electrons. The van der Waals surface area contributed by atoms with Gasteiger partial charge in [0.15, 0.2) is 0 Å². The minimum Gasteiger partial charge on any atom is -0.493 e. The normalized spacial score (nSPS) is 15.1. The van der Waals surface area contributed by atoms with Crippen LogP contribution >= 0.6 is 0 Å². The summed E-state index contributed by atoms with van der Waals surface area (Å²) in [6, 6.07) is 8.29. The topological polar surface area (TPSA) is 76.7 Å². The number of fused-ring (bicyclic) bond motifs is 1. The van der Waals surface area contributed by atoms with Gasteiger partial charge in [0, 0.05) is 35.8 Å². The van der Waals surface area contributed by atoms with Gasteiger partial charge in [0.2, 0.25) is 0 Å². The average Bonchev–Trinajstić information content (AvgIpc) is 2.57. The van der Waals surface area contributed by atoms with Gasteiger partial charge >= 0.3 is 5.63 Å². The molecule has 1 aromatic carbocycles. The fraction of sp³-hybridized carbons (Fsp3) is 0.444. The van der Waals surface area contributed by atoms with Crippen molar-refractivity contribution >= 4 is 16.8 Å². The van der Waals surface area contributed by atoms with Gasteiger partial charge in [0.25, 0.3) is 0 Å². The molecule has 2 rings (SSSR count). The highest BCUT2D eigenvalue weighted by Crippen LogP contribution is 2.21. The zero-order chi connectivity index (χ0) is 17.0. The first-order chi connectivity index (χ1) is 10.9. The first kappa shape index (κ1) is 17.2. The molecule has 0 aliphatic heterocycles. The Morgan fingerprint density at radius 3 is 2.65 bits per heavy atom. The van der Waals surface area contributed by atoms with Crippen molar-refractivity contribution in [2.24, 2.45) is 11.8 Å². The maximum absolute atomic E-state index is 11.7. The number of rotatable bonds is 7. The average molecular weight is 318 g/mol. The third kappa shape index (κ3) is 4.20. The van der Waals surface area contributed by atoms with Crippen LogP contribution in [0.5, 0.6) is 5.75 Å². The quantitative estimate of drug-likeness (QED) is 0.794. The van der Waals surface area contributed by atoms with Crippen LogP contribution in [0, 0.1) is 11.8 Å². The molecule has 1 heterocycles. The van der Waals surface area contributed by atoms with Gasteiger partial charge in [0.05, 0.1) is 12.7 Å². The standard InChI is InChI=1S/C18H22O5/c1-4-15(19)12(3)18(21)11(2)10-22-14-7-5-13-6-8-17(20)23-16(13)9-14/h5-9,11-12,18,21H,4,10H2,1-3H3/t11-,12+,18+/m0/s1. The molecule has 5 nitrogen and oxygen atoms in total. The number of carbonyl (C=O) groups is 1. The van der Waals surface area contributed by atoms with Gasteiger partial charge in [-0.3, -0.25) is 4.79 Å². The van der Waals surface area contributed by atoms with E-state index in [9.17, 15) is 14.7 Å². The number of aliphatic hydroxyl groups excluding tert-OH is 1. The summed E-state index contributed by atoms with van der Waals surface area (Å²) in [6.45, 7) is 5.63. The monoisotopic (exact) mass is 318 g/mol. The number of carbonyl (C=O) groups excluding carboxylic acids is 1. The molecule has 1 aromatic heterocycles. The number of aliphatic hydroxyl groups is 1. The molecule has 0 amide bonds. The smallest absolute Gasteiger partial charge is 0.336 e. The molecule has 0 radical (unpaired) electrons. The Morgan fingerprint density at radius 2 is 1.96 bits per heavy atom. The Balaban J connectivity index is 2.02. The first-order valence-electron chi connectivity index (χ1n) is 7.80. The predicted octanol–water partition coefficient (Wildman–Crippen LogP) is 2.78.